The van der Waals surface area contributed by atoms with Gasteiger partial charge in [-0.15, -0.1) is 0 Å². The van der Waals surface area contributed by atoms with Crippen LogP contribution in [0.1, 0.15) is 16.7 Å². The molecule has 0 aromatic heterocycles. The van der Waals surface area contributed by atoms with E-state index >= 15 is 0 Å². The van der Waals surface area contributed by atoms with Gasteiger partial charge in [0.05, 0.1) is 0 Å². The van der Waals surface area contributed by atoms with Gasteiger partial charge >= 0.3 is 5.97 Å². The summed E-state index contributed by atoms with van der Waals surface area (Å²) in [5, 5.41) is 11.9. The van der Waals surface area contributed by atoms with Gasteiger partial charge < -0.3 is 10.4 Å². The molecular weight excluding hydrogens is 178 g/mol. The van der Waals surface area contributed by atoms with Crippen LogP contribution in [-0.4, -0.2) is 17.1 Å². The number of carboxylic acid groups (broad SMARTS) is 1. The monoisotopic (exact) mass is 191 g/mol. The van der Waals surface area contributed by atoms with Crippen molar-refractivity contribution in [3.8, 4) is 0 Å². The average Bonchev–Trinajstić information content (AvgIpc) is 2.16. The van der Waals surface area contributed by atoms with Crippen LogP contribution in [0, 0.1) is 6.92 Å². The number of aryl methyl sites for hydroxylation is 1. The maximum Gasteiger partial charge on any atom is 0.321 e. The normalized spacial score (nSPS) is 20.2. The number of nitrogens with one attached hydrogen (secondary N) is 1. The molecule has 1 aromatic rings. The summed E-state index contributed by atoms with van der Waals surface area (Å²) in [5.41, 5.74) is 3.60. The van der Waals surface area contributed by atoms with Crippen LogP contribution in [0.3, 0.4) is 0 Å². The van der Waals surface area contributed by atoms with E-state index in [1.807, 2.05) is 19.1 Å². The maximum atomic E-state index is 10.8. The third-order valence-electron chi connectivity index (χ3n) is 2.62. The van der Waals surface area contributed by atoms with Crippen molar-refractivity contribution in [2.45, 2.75) is 25.9 Å². The number of rotatable bonds is 1. The molecule has 0 radical (unpaired) electrons. The Kier molecular flexibility index (Phi) is 2.25. The number of carbonyl (C=O) groups is 1. The molecule has 0 aliphatic carbocycles. The van der Waals surface area contributed by atoms with Crippen molar-refractivity contribution in [2.24, 2.45) is 0 Å². The molecule has 1 heterocycles. The minimum absolute atomic E-state index is 0.426. The zero-order chi connectivity index (χ0) is 10.1. The quantitative estimate of drug-likeness (QED) is 0.698. The number of benzene rings is 1. The molecule has 1 aliphatic rings. The van der Waals surface area contributed by atoms with Crippen LogP contribution in [0.4, 0.5) is 0 Å². The average molecular weight is 191 g/mol. The summed E-state index contributed by atoms with van der Waals surface area (Å²) in [7, 11) is 0. The highest BCUT2D eigenvalue weighted by Gasteiger charge is 2.22. The Morgan fingerprint density at radius 2 is 2.29 bits per heavy atom. The number of fused-ring (bicyclic) bond motifs is 1. The van der Waals surface area contributed by atoms with Crippen molar-refractivity contribution in [1.82, 2.24) is 5.32 Å². The van der Waals surface area contributed by atoms with E-state index in [1.165, 1.54) is 11.1 Å². The standard InChI is InChI=1S/C11H13NO2/c1-7-2-3-8-5-10(11(13)14)12-6-9(8)4-7/h2-4,10,12H,5-6H2,1H3,(H,13,14)/t10-/m0/s1. The fourth-order valence-electron chi connectivity index (χ4n) is 1.82. The summed E-state index contributed by atoms with van der Waals surface area (Å²) >= 11 is 0. The van der Waals surface area contributed by atoms with Gasteiger partial charge in [0.2, 0.25) is 0 Å². The first-order valence-electron chi connectivity index (χ1n) is 4.71. The summed E-state index contributed by atoms with van der Waals surface area (Å²) in [5.74, 6) is -0.767. The Morgan fingerprint density at radius 3 is 3.00 bits per heavy atom. The van der Waals surface area contributed by atoms with Crippen molar-refractivity contribution in [3.05, 3.63) is 34.9 Å². The molecule has 0 unspecified atom stereocenters. The lowest BCUT2D eigenvalue weighted by Crippen LogP contribution is -2.41. The SMILES string of the molecule is Cc1ccc2c(c1)CN[C@H](C(=O)O)C2. The fourth-order valence-corrected chi connectivity index (χ4v) is 1.82. The molecule has 0 amide bonds. The number of carboxylic acids is 1. The Morgan fingerprint density at radius 1 is 1.50 bits per heavy atom. The second kappa shape index (κ2) is 3.42. The fraction of sp³-hybridized carbons (Fsp3) is 0.364. The summed E-state index contributed by atoms with van der Waals surface area (Å²) in [6, 6.07) is 5.75. The van der Waals surface area contributed by atoms with Crippen LogP contribution < -0.4 is 5.32 Å². The highest BCUT2D eigenvalue weighted by molar-refractivity contribution is 5.74. The van der Waals surface area contributed by atoms with E-state index in [1.54, 1.807) is 0 Å². The summed E-state index contributed by atoms with van der Waals surface area (Å²) in [4.78, 5) is 10.8. The predicted octanol–water partition coefficient (Wildman–Crippen LogP) is 1.09. The highest BCUT2D eigenvalue weighted by atomic mass is 16.4. The molecule has 1 aromatic carbocycles. The molecule has 0 saturated carbocycles. The van der Waals surface area contributed by atoms with Gasteiger partial charge in [-0.25, -0.2) is 0 Å². The van der Waals surface area contributed by atoms with Crippen molar-refractivity contribution in [3.63, 3.8) is 0 Å². The molecule has 2 rings (SSSR count). The lowest BCUT2D eigenvalue weighted by molar-refractivity contribution is -0.139. The highest BCUT2D eigenvalue weighted by Crippen LogP contribution is 2.18. The number of aliphatic carboxylic acids is 1. The van der Waals surface area contributed by atoms with Gasteiger partial charge in [-0.05, 0) is 24.5 Å². The van der Waals surface area contributed by atoms with Gasteiger partial charge in [-0.2, -0.15) is 0 Å². The molecule has 14 heavy (non-hydrogen) atoms. The molecule has 3 nitrogen and oxygen atoms in total. The first-order chi connectivity index (χ1) is 6.66. The van der Waals surface area contributed by atoms with E-state index in [-0.39, 0.29) is 0 Å². The summed E-state index contributed by atoms with van der Waals surface area (Å²) in [6.45, 7) is 2.71. The summed E-state index contributed by atoms with van der Waals surface area (Å²) in [6.07, 6.45) is 0.588. The molecular formula is C11H13NO2. The van der Waals surface area contributed by atoms with Crippen LogP contribution in [0.5, 0.6) is 0 Å². The van der Waals surface area contributed by atoms with Crippen LogP contribution in [0.15, 0.2) is 18.2 Å². The van der Waals surface area contributed by atoms with Gasteiger partial charge in [0.25, 0.3) is 0 Å². The lowest BCUT2D eigenvalue weighted by atomic mass is 9.94. The van der Waals surface area contributed by atoms with Gasteiger partial charge in [0, 0.05) is 6.54 Å². The van der Waals surface area contributed by atoms with Crippen molar-refractivity contribution in [2.75, 3.05) is 0 Å². The van der Waals surface area contributed by atoms with E-state index in [0.29, 0.717) is 13.0 Å². The minimum atomic E-state index is -0.767. The van der Waals surface area contributed by atoms with E-state index in [0.717, 1.165) is 5.56 Å². The van der Waals surface area contributed by atoms with E-state index in [2.05, 4.69) is 11.4 Å². The summed E-state index contributed by atoms with van der Waals surface area (Å²) < 4.78 is 0. The molecule has 0 bridgehead atoms. The molecule has 1 aliphatic heterocycles. The zero-order valence-electron chi connectivity index (χ0n) is 8.08. The number of hydrogen-bond acceptors (Lipinski definition) is 2. The molecule has 0 fully saturated rings. The van der Waals surface area contributed by atoms with Gasteiger partial charge in [0.15, 0.2) is 0 Å². The maximum absolute atomic E-state index is 10.8. The molecule has 1 atom stereocenters. The van der Waals surface area contributed by atoms with Gasteiger partial charge in [-0.1, -0.05) is 23.8 Å². The van der Waals surface area contributed by atoms with Crippen molar-refractivity contribution >= 4 is 5.97 Å². The lowest BCUT2D eigenvalue weighted by Gasteiger charge is -2.23. The largest absolute Gasteiger partial charge is 0.480 e. The smallest absolute Gasteiger partial charge is 0.321 e. The Labute approximate surface area is 82.8 Å². The van der Waals surface area contributed by atoms with Crippen LogP contribution in [0.2, 0.25) is 0 Å². The van der Waals surface area contributed by atoms with Gasteiger partial charge in [-0.3, -0.25) is 4.79 Å². The Balaban J connectivity index is 2.27. The minimum Gasteiger partial charge on any atom is -0.480 e. The van der Waals surface area contributed by atoms with Crippen LogP contribution in [-0.2, 0) is 17.8 Å². The predicted molar refractivity (Wildman–Crippen MR) is 53.1 cm³/mol. The molecule has 74 valence electrons. The van der Waals surface area contributed by atoms with Crippen molar-refractivity contribution in [1.29, 1.82) is 0 Å². The first kappa shape index (κ1) is 9.21. The zero-order valence-corrected chi connectivity index (χ0v) is 8.08. The topological polar surface area (TPSA) is 49.3 Å². The van der Waals surface area contributed by atoms with E-state index < -0.39 is 12.0 Å². The third-order valence-corrected chi connectivity index (χ3v) is 2.62. The number of hydrogen-bond donors (Lipinski definition) is 2. The second-order valence-electron chi connectivity index (χ2n) is 3.75. The van der Waals surface area contributed by atoms with E-state index in [4.69, 9.17) is 5.11 Å². The van der Waals surface area contributed by atoms with Crippen LogP contribution in [0.25, 0.3) is 0 Å². The van der Waals surface area contributed by atoms with Crippen molar-refractivity contribution < 1.29 is 9.90 Å². The third kappa shape index (κ3) is 1.63. The molecule has 2 N–H and O–H groups in total. The Hall–Kier alpha value is -1.35. The molecule has 3 heteroatoms. The molecule has 0 saturated heterocycles. The molecule has 0 spiro atoms. The van der Waals surface area contributed by atoms with E-state index in [9.17, 15) is 4.79 Å². The first-order valence-corrected chi connectivity index (χ1v) is 4.71. The van der Waals surface area contributed by atoms with Crippen LogP contribution >= 0.6 is 0 Å². The Bertz CT molecular complexity index is 374. The van der Waals surface area contributed by atoms with Gasteiger partial charge in [0.1, 0.15) is 6.04 Å². The second-order valence-corrected chi connectivity index (χ2v) is 3.75.